The minimum Gasteiger partial charge on any atom is -0.462 e. The second kappa shape index (κ2) is 12.1. The Balaban J connectivity index is 1.27. The minimum absolute atomic E-state index is 0.0334. The highest BCUT2D eigenvalue weighted by molar-refractivity contribution is 6.25. The Morgan fingerprint density at radius 2 is 1.84 bits per heavy atom. The van der Waals surface area contributed by atoms with E-state index in [1.807, 2.05) is 42.5 Å². The summed E-state index contributed by atoms with van der Waals surface area (Å²) in [5, 5.41) is 4.08. The molecule has 3 heterocycles. The number of nitrogens with zero attached hydrogens (tertiary/aromatic N) is 5. The van der Waals surface area contributed by atoms with E-state index in [1.165, 1.54) is 0 Å². The molecule has 2 saturated heterocycles. The Labute approximate surface area is 260 Å². The monoisotopic (exact) mass is 635 g/mol. The SMILES string of the molecule is CCOC(=O)c1cnn(C2CCCN(C3=C(c4ccccc4)C=CC(Cl)(N4CCN(CC5(F)CC5)CC4)C3)C2)c1C(F)(F)F. The number of benzene rings is 1. The number of alkyl halides is 5. The van der Waals surface area contributed by atoms with Crippen LogP contribution in [0.25, 0.3) is 5.57 Å². The van der Waals surface area contributed by atoms with Gasteiger partial charge in [0.2, 0.25) is 0 Å². The van der Waals surface area contributed by atoms with Crippen molar-refractivity contribution >= 4 is 23.1 Å². The lowest BCUT2D eigenvalue weighted by Gasteiger charge is -2.47. The van der Waals surface area contributed by atoms with Gasteiger partial charge >= 0.3 is 12.1 Å². The summed E-state index contributed by atoms with van der Waals surface area (Å²) in [4.78, 5) is 18.1. The van der Waals surface area contributed by atoms with Crippen LogP contribution in [0.3, 0.4) is 0 Å². The van der Waals surface area contributed by atoms with E-state index >= 15 is 0 Å². The molecule has 2 atom stereocenters. The normalized spacial score (nSPS) is 26.2. The first kappa shape index (κ1) is 31.1. The number of allylic oxidation sites excluding steroid dienone is 2. The highest BCUT2D eigenvalue weighted by atomic mass is 35.5. The number of rotatable bonds is 8. The first-order chi connectivity index (χ1) is 21.0. The smallest absolute Gasteiger partial charge is 0.433 e. The molecule has 3 fully saturated rings. The van der Waals surface area contributed by atoms with Crippen molar-refractivity contribution in [3.63, 3.8) is 0 Å². The molecule has 1 aromatic carbocycles. The van der Waals surface area contributed by atoms with Gasteiger partial charge in [-0.15, -0.1) is 0 Å². The molecule has 12 heteroatoms. The predicted molar refractivity (Wildman–Crippen MR) is 160 cm³/mol. The molecule has 0 amide bonds. The zero-order valence-electron chi connectivity index (χ0n) is 24.8. The van der Waals surface area contributed by atoms with E-state index in [4.69, 9.17) is 16.3 Å². The van der Waals surface area contributed by atoms with E-state index in [0.29, 0.717) is 58.3 Å². The van der Waals surface area contributed by atoms with E-state index in [0.717, 1.165) is 40.8 Å². The van der Waals surface area contributed by atoms with E-state index in [9.17, 15) is 22.4 Å². The van der Waals surface area contributed by atoms with Gasteiger partial charge in [-0.05, 0) is 44.2 Å². The highest BCUT2D eigenvalue weighted by Crippen LogP contribution is 2.44. The Morgan fingerprint density at radius 3 is 2.50 bits per heavy atom. The van der Waals surface area contributed by atoms with E-state index in [1.54, 1.807) is 6.92 Å². The van der Waals surface area contributed by atoms with Crippen molar-refractivity contribution in [2.24, 2.45) is 0 Å². The zero-order valence-corrected chi connectivity index (χ0v) is 25.6. The summed E-state index contributed by atoms with van der Waals surface area (Å²) in [6.45, 7) is 5.77. The topological polar surface area (TPSA) is 53.8 Å². The van der Waals surface area contributed by atoms with Gasteiger partial charge in [-0.25, -0.2) is 9.18 Å². The van der Waals surface area contributed by atoms with Crippen LogP contribution < -0.4 is 0 Å². The van der Waals surface area contributed by atoms with Crippen molar-refractivity contribution in [3.8, 4) is 0 Å². The minimum atomic E-state index is -4.78. The lowest BCUT2D eigenvalue weighted by molar-refractivity contribution is -0.145. The van der Waals surface area contributed by atoms with Gasteiger partial charge in [-0.3, -0.25) is 14.5 Å². The lowest BCUT2D eigenvalue weighted by atomic mass is 9.90. The van der Waals surface area contributed by atoms with Crippen LogP contribution in [0.15, 0.2) is 54.4 Å². The summed E-state index contributed by atoms with van der Waals surface area (Å²) >= 11 is 7.39. The molecule has 0 N–H and O–H groups in total. The third-order valence-electron chi connectivity index (χ3n) is 9.20. The van der Waals surface area contributed by atoms with Crippen molar-refractivity contribution in [3.05, 3.63) is 71.2 Å². The van der Waals surface area contributed by atoms with Crippen LogP contribution in [0.5, 0.6) is 0 Å². The molecule has 1 aromatic heterocycles. The molecule has 1 saturated carbocycles. The molecular formula is C32H38ClF4N5O2. The molecule has 0 radical (unpaired) electrons. The average molecular weight is 636 g/mol. The molecule has 44 heavy (non-hydrogen) atoms. The van der Waals surface area contributed by atoms with Crippen molar-refractivity contribution in [1.29, 1.82) is 0 Å². The number of aromatic nitrogens is 2. The summed E-state index contributed by atoms with van der Waals surface area (Å²) in [5.74, 6) is -1.03. The first-order valence-electron chi connectivity index (χ1n) is 15.4. The number of carbonyl (C=O) groups excluding carboxylic acids is 1. The molecule has 6 rings (SSSR count). The van der Waals surface area contributed by atoms with Crippen molar-refractivity contribution in [2.75, 3.05) is 52.4 Å². The van der Waals surface area contributed by atoms with Gasteiger partial charge in [-0.1, -0.05) is 48.0 Å². The summed E-state index contributed by atoms with van der Waals surface area (Å²) in [6.07, 6.45) is 3.11. The maximum Gasteiger partial charge on any atom is 0.433 e. The predicted octanol–water partition coefficient (Wildman–Crippen LogP) is 6.14. The Bertz CT molecular complexity index is 1420. The number of ether oxygens (including phenoxy) is 1. The fraction of sp³-hybridized carbons (Fsp3) is 0.562. The molecule has 2 aromatic rings. The molecule has 7 nitrogen and oxygen atoms in total. The molecule has 4 aliphatic rings. The maximum absolute atomic E-state index is 14.4. The van der Waals surface area contributed by atoms with E-state index < -0.39 is 40.1 Å². The van der Waals surface area contributed by atoms with Gasteiger partial charge in [0.1, 0.15) is 16.2 Å². The second-order valence-corrected chi connectivity index (χ2v) is 12.9. The van der Waals surface area contributed by atoms with Crippen LogP contribution >= 0.6 is 11.6 Å². The van der Waals surface area contributed by atoms with Gasteiger partial charge in [0.15, 0.2) is 5.69 Å². The number of esters is 1. The number of hydrogen-bond acceptors (Lipinski definition) is 6. The van der Waals surface area contributed by atoms with Crippen LogP contribution in [-0.2, 0) is 10.9 Å². The number of hydrogen-bond donors (Lipinski definition) is 0. The van der Waals surface area contributed by atoms with Crippen molar-refractivity contribution < 1.29 is 27.1 Å². The van der Waals surface area contributed by atoms with E-state index in [2.05, 4.69) is 19.8 Å². The maximum atomic E-state index is 14.4. The third-order valence-corrected chi connectivity index (χ3v) is 9.70. The number of likely N-dealkylation sites (tertiary alicyclic amines) is 1. The fourth-order valence-electron chi connectivity index (χ4n) is 6.73. The molecule has 2 unspecified atom stereocenters. The van der Waals surface area contributed by atoms with Crippen LogP contribution in [0.4, 0.5) is 17.6 Å². The quantitative estimate of drug-likeness (QED) is 0.150. The van der Waals surface area contributed by atoms with Crippen LogP contribution in [0.2, 0.25) is 0 Å². The Kier molecular flexibility index (Phi) is 8.58. The molecule has 0 bridgehead atoms. The van der Waals surface area contributed by atoms with Crippen LogP contribution in [0.1, 0.15) is 66.7 Å². The molecule has 2 aliphatic heterocycles. The van der Waals surface area contributed by atoms with E-state index in [-0.39, 0.29) is 13.2 Å². The van der Waals surface area contributed by atoms with Gasteiger partial charge in [0.25, 0.3) is 0 Å². The number of piperazine rings is 1. The third kappa shape index (κ3) is 6.41. The van der Waals surface area contributed by atoms with Crippen LogP contribution in [-0.4, -0.2) is 93.5 Å². The van der Waals surface area contributed by atoms with Crippen LogP contribution in [0, 0.1) is 0 Å². The standard InChI is InChI=1S/C32H38ClF4N5O2/c1-2-44-29(43)26-20-38-42(28(26)32(35,36)37)24-9-6-14-40(21-24)27-19-31(33,11-10-25(27)23-7-4-3-5-8-23)41-17-15-39(16-18-41)22-30(34)12-13-30/h3-5,7-8,10-11,20,24H,2,6,9,12-19,21-22H2,1H3. The van der Waals surface area contributed by atoms with Gasteiger partial charge in [-0.2, -0.15) is 18.3 Å². The van der Waals surface area contributed by atoms with Crippen molar-refractivity contribution in [2.45, 2.75) is 61.9 Å². The number of halogens is 5. The number of piperidine rings is 1. The zero-order chi connectivity index (χ0) is 31.1. The molecule has 238 valence electrons. The van der Waals surface area contributed by atoms with Crippen molar-refractivity contribution in [1.82, 2.24) is 24.5 Å². The number of carbonyl (C=O) groups is 1. The summed E-state index contributed by atoms with van der Waals surface area (Å²) in [5.41, 5.74) is 0.275. The first-order valence-corrected chi connectivity index (χ1v) is 15.8. The molecule has 2 aliphatic carbocycles. The lowest BCUT2D eigenvalue weighted by Crippen LogP contribution is -2.56. The second-order valence-electron chi connectivity index (χ2n) is 12.3. The average Bonchev–Trinajstić information content (AvgIpc) is 3.54. The Morgan fingerprint density at radius 1 is 1.11 bits per heavy atom. The summed E-state index contributed by atoms with van der Waals surface area (Å²) in [6, 6.07) is 9.30. The summed E-state index contributed by atoms with van der Waals surface area (Å²) < 4.78 is 63.2. The van der Waals surface area contributed by atoms with Gasteiger partial charge in [0.05, 0.1) is 18.8 Å². The Hall–Kier alpha value is -2.89. The largest absolute Gasteiger partial charge is 0.462 e. The molecule has 0 spiro atoms. The molecular weight excluding hydrogens is 598 g/mol. The van der Waals surface area contributed by atoms with Gasteiger partial charge in [0, 0.05) is 63.5 Å². The van der Waals surface area contributed by atoms with Gasteiger partial charge < -0.3 is 9.64 Å². The highest BCUT2D eigenvalue weighted by Gasteiger charge is 2.47. The fourth-order valence-corrected chi connectivity index (χ4v) is 7.09. The summed E-state index contributed by atoms with van der Waals surface area (Å²) in [7, 11) is 0.